The summed E-state index contributed by atoms with van der Waals surface area (Å²) >= 11 is 0. The van der Waals surface area contributed by atoms with Crippen molar-refractivity contribution in [3.05, 3.63) is 0 Å². The second kappa shape index (κ2) is 3.08. The lowest BCUT2D eigenvalue weighted by atomic mass is 10.7. The van der Waals surface area contributed by atoms with Crippen LogP contribution in [0.2, 0.25) is 0 Å². The van der Waals surface area contributed by atoms with Crippen molar-refractivity contribution in [1.29, 1.82) is 0 Å². The van der Waals surface area contributed by atoms with Gasteiger partial charge in [0, 0.05) is 7.11 Å². The molecular weight excluding hydrogens is 84.0 g/mol. The minimum atomic E-state index is -1.37. The Bertz CT molecular complexity index is 25.2. The fraction of sp³-hybridized carbons (Fsp3) is 1.00. The van der Waals surface area contributed by atoms with Gasteiger partial charge in [-0.25, -0.2) is 5.11 Å². The molecule has 0 aromatic heterocycles. The van der Waals surface area contributed by atoms with Crippen LogP contribution >= 0.6 is 0 Å². The minimum absolute atomic E-state index is 0.698. The molecule has 0 aliphatic heterocycles. The summed E-state index contributed by atoms with van der Waals surface area (Å²) in [7, 11) is 1.22. The predicted octanol–water partition coefficient (Wildman–Crippen LogP) is -0.180. The third kappa shape index (κ3) is 2.14. The molecule has 0 aromatic rings. The third-order valence-corrected chi connectivity index (χ3v) is 0.399. The third-order valence-electron chi connectivity index (χ3n) is 0.399. The molecule has 0 aromatic carbocycles. The van der Waals surface area contributed by atoms with Crippen LogP contribution < -0.4 is 0 Å². The zero-order valence-corrected chi connectivity index (χ0v) is 3.51. The molecule has 0 bridgehead atoms. The number of methoxy groups -OCH3 is 1. The van der Waals surface area contributed by atoms with Gasteiger partial charge in [-0.2, -0.15) is 5.11 Å². The standard InChI is InChI=1S/C3H6O3/c1-6-3(5)2-4/h3H,2H2,1H3. The van der Waals surface area contributed by atoms with Gasteiger partial charge in [0.15, 0.2) is 0 Å². The van der Waals surface area contributed by atoms with Crippen molar-refractivity contribution in [2.24, 2.45) is 0 Å². The summed E-state index contributed by atoms with van der Waals surface area (Å²) < 4.78 is 4.03. The Morgan fingerprint density at radius 3 is 2.33 bits per heavy atom. The van der Waals surface area contributed by atoms with Crippen molar-refractivity contribution in [2.45, 2.75) is 6.29 Å². The highest BCUT2D eigenvalue weighted by Crippen LogP contribution is 1.77. The fourth-order valence-corrected chi connectivity index (χ4v) is 0.0680. The predicted molar refractivity (Wildman–Crippen MR) is 17.0 cm³/mol. The number of rotatable bonds is 2. The van der Waals surface area contributed by atoms with Gasteiger partial charge in [-0.1, -0.05) is 0 Å². The van der Waals surface area contributed by atoms with E-state index in [1.807, 2.05) is 0 Å². The summed E-state index contributed by atoms with van der Waals surface area (Å²) in [6, 6.07) is 0. The molecule has 0 saturated carbocycles. The van der Waals surface area contributed by atoms with E-state index in [1.54, 1.807) is 0 Å². The minimum Gasteiger partial charge on any atom is -0.351 e. The summed E-state index contributed by atoms with van der Waals surface area (Å²) in [4.78, 5) is 0. The van der Waals surface area contributed by atoms with Crippen LogP contribution in [0.5, 0.6) is 0 Å². The molecule has 3 nitrogen and oxygen atoms in total. The van der Waals surface area contributed by atoms with Gasteiger partial charge in [-0.3, -0.25) is 0 Å². The molecule has 0 heterocycles. The maximum Gasteiger partial charge on any atom is 0.217 e. The number of hydrogen-bond donors (Lipinski definition) is 0. The highest BCUT2D eigenvalue weighted by Gasteiger charge is 1.97. The smallest absolute Gasteiger partial charge is 0.217 e. The quantitative estimate of drug-likeness (QED) is 0.434. The Morgan fingerprint density at radius 2 is 2.33 bits per heavy atom. The first-order chi connectivity index (χ1) is 2.81. The molecule has 0 aliphatic carbocycles. The normalized spacial score (nSPS) is 14.5. The Balaban J connectivity index is 2.75. The van der Waals surface area contributed by atoms with Gasteiger partial charge in [0.05, 0.1) is 0 Å². The van der Waals surface area contributed by atoms with Crippen molar-refractivity contribution in [3.8, 4) is 0 Å². The summed E-state index contributed by atoms with van der Waals surface area (Å²) in [5.74, 6) is 0. The number of hydrogen-bond acceptors (Lipinski definition) is 1. The first-order valence-electron chi connectivity index (χ1n) is 1.58. The van der Waals surface area contributed by atoms with E-state index in [2.05, 4.69) is 4.74 Å². The summed E-state index contributed by atoms with van der Waals surface area (Å²) in [5, 5.41) is 19.2. The van der Waals surface area contributed by atoms with Gasteiger partial charge >= 0.3 is 0 Å². The van der Waals surface area contributed by atoms with Crippen LogP contribution in [-0.4, -0.2) is 20.0 Å². The van der Waals surface area contributed by atoms with Crippen molar-refractivity contribution in [1.82, 2.24) is 0 Å². The molecule has 0 N–H and O–H groups in total. The van der Waals surface area contributed by atoms with Crippen LogP contribution in [0.3, 0.4) is 0 Å². The molecule has 1 atom stereocenters. The molecule has 3 heteroatoms. The molecule has 2 radical (unpaired) electrons. The molecule has 0 amide bonds. The van der Waals surface area contributed by atoms with E-state index in [-0.39, 0.29) is 0 Å². The molecule has 0 spiro atoms. The molecule has 0 fully saturated rings. The molecule has 6 heavy (non-hydrogen) atoms. The van der Waals surface area contributed by atoms with Crippen LogP contribution in [0.1, 0.15) is 0 Å². The largest absolute Gasteiger partial charge is 0.351 e. The lowest BCUT2D eigenvalue weighted by molar-refractivity contribution is -0.154. The lowest BCUT2D eigenvalue weighted by Gasteiger charge is -1.94. The Morgan fingerprint density at radius 1 is 1.83 bits per heavy atom. The maximum absolute atomic E-state index is 9.73. The average Bonchev–Trinajstić information content (AvgIpc) is 1.65. The van der Waals surface area contributed by atoms with Gasteiger partial charge in [-0.05, 0) is 0 Å². The summed E-state index contributed by atoms with van der Waals surface area (Å²) in [5.41, 5.74) is 0. The van der Waals surface area contributed by atoms with E-state index < -0.39 is 12.9 Å². The van der Waals surface area contributed by atoms with E-state index in [0.29, 0.717) is 0 Å². The summed E-state index contributed by atoms with van der Waals surface area (Å²) in [6.45, 7) is -0.698. The van der Waals surface area contributed by atoms with E-state index in [1.165, 1.54) is 7.11 Å². The Hall–Kier alpha value is -0.120. The van der Waals surface area contributed by atoms with Gasteiger partial charge in [0.1, 0.15) is 6.61 Å². The summed E-state index contributed by atoms with van der Waals surface area (Å²) in [6.07, 6.45) is -1.37. The Labute approximate surface area is 36.2 Å². The van der Waals surface area contributed by atoms with Crippen LogP contribution in [0.4, 0.5) is 0 Å². The highest BCUT2D eigenvalue weighted by atomic mass is 16.6. The van der Waals surface area contributed by atoms with Crippen LogP contribution in [-0.2, 0) is 14.9 Å². The number of ether oxygens (including phenoxy) is 1. The van der Waals surface area contributed by atoms with Crippen molar-refractivity contribution in [2.75, 3.05) is 13.7 Å². The Kier molecular flexibility index (Phi) is 3.02. The monoisotopic (exact) mass is 90.0 g/mol. The van der Waals surface area contributed by atoms with Gasteiger partial charge in [0.25, 0.3) is 0 Å². The molecule has 0 aliphatic rings. The average molecular weight is 90.1 g/mol. The maximum atomic E-state index is 9.73. The second-order valence-electron chi connectivity index (χ2n) is 0.832. The fourth-order valence-electron chi connectivity index (χ4n) is 0.0680. The molecule has 1 unspecified atom stereocenters. The van der Waals surface area contributed by atoms with Crippen molar-refractivity contribution in [3.63, 3.8) is 0 Å². The zero-order valence-electron chi connectivity index (χ0n) is 3.51. The second-order valence-corrected chi connectivity index (χ2v) is 0.832. The van der Waals surface area contributed by atoms with E-state index in [4.69, 9.17) is 0 Å². The molecular formula is C3H6O3. The van der Waals surface area contributed by atoms with Crippen LogP contribution in [0.25, 0.3) is 0 Å². The molecule has 36 valence electrons. The van der Waals surface area contributed by atoms with Crippen LogP contribution in [0, 0.1) is 0 Å². The molecule has 0 saturated heterocycles. The van der Waals surface area contributed by atoms with Crippen molar-refractivity contribution < 1.29 is 14.9 Å². The van der Waals surface area contributed by atoms with E-state index in [0.717, 1.165) is 0 Å². The van der Waals surface area contributed by atoms with Gasteiger partial charge in [0.2, 0.25) is 6.29 Å². The van der Waals surface area contributed by atoms with E-state index >= 15 is 0 Å². The molecule has 0 rings (SSSR count). The topological polar surface area (TPSA) is 49.0 Å². The lowest BCUT2D eigenvalue weighted by Crippen LogP contribution is -2.10. The first kappa shape index (κ1) is 5.88. The van der Waals surface area contributed by atoms with Crippen molar-refractivity contribution >= 4 is 0 Å². The van der Waals surface area contributed by atoms with E-state index in [9.17, 15) is 10.2 Å². The van der Waals surface area contributed by atoms with Gasteiger partial charge in [-0.15, -0.1) is 0 Å². The van der Waals surface area contributed by atoms with Crippen LogP contribution in [0.15, 0.2) is 0 Å². The first-order valence-corrected chi connectivity index (χ1v) is 1.58. The zero-order chi connectivity index (χ0) is 4.99. The highest BCUT2D eigenvalue weighted by molar-refractivity contribution is 4.24. The van der Waals surface area contributed by atoms with Gasteiger partial charge < -0.3 is 4.74 Å². The SMILES string of the molecule is COC([O])C[O].